The van der Waals surface area contributed by atoms with Crippen LogP contribution in [0.2, 0.25) is 0 Å². The van der Waals surface area contributed by atoms with Crippen LogP contribution in [0.5, 0.6) is 5.75 Å². The number of hydrogen-bond donors (Lipinski definition) is 2. The zero-order valence-corrected chi connectivity index (χ0v) is 10.6. The van der Waals surface area contributed by atoms with Crippen LogP contribution in [0.3, 0.4) is 0 Å². The lowest BCUT2D eigenvalue weighted by atomic mass is 10.1. The fraction of sp³-hybridized carbons (Fsp3) is 0.429. The van der Waals surface area contributed by atoms with Crippen LogP contribution >= 0.6 is 0 Å². The summed E-state index contributed by atoms with van der Waals surface area (Å²) in [5.74, 6) is 0.874. The Balaban J connectivity index is 2.53. The highest BCUT2D eigenvalue weighted by molar-refractivity contribution is 5.29. The number of nitrogens with two attached hydrogens (primary N) is 1. The highest BCUT2D eigenvalue weighted by Crippen LogP contribution is 2.16. The first-order valence-electron chi connectivity index (χ1n) is 6.00. The molecule has 0 spiro atoms. The monoisotopic (exact) mass is 234 g/mol. The maximum absolute atomic E-state index is 5.78. The fourth-order valence-corrected chi connectivity index (χ4v) is 1.68. The van der Waals surface area contributed by atoms with Crippen molar-refractivity contribution in [1.29, 1.82) is 0 Å². The van der Waals surface area contributed by atoms with Gasteiger partial charge in [0.1, 0.15) is 5.75 Å². The Labute approximate surface area is 104 Å². The van der Waals surface area contributed by atoms with E-state index >= 15 is 0 Å². The number of rotatable bonds is 7. The first-order valence-corrected chi connectivity index (χ1v) is 6.00. The molecule has 3 nitrogen and oxygen atoms in total. The van der Waals surface area contributed by atoms with Gasteiger partial charge in [-0.25, -0.2) is 0 Å². The Morgan fingerprint density at radius 1 is 1.35 bits per heavy atom. The van der Waals surface area contributed by atoms with Gasteiger partial charge in [0, 0.05) is 12.6 Å². The van der Waals surface area contributed by atoms with Crippen molar-refractivity contribution in [2.45, 2.75) is 19.4 Å². The van der Waals surface area contributed by atoms with Crippen molar-refractivity contribution in [3.8, 4) is 5.75 Å². The SMILES string of the molecule is C/C=C/CCNC(CN)c1ccc(OC)cc1. The van der Waals surface area contributed by atoms with Gasteiger partial charge in [-0.2, -0.15) is 0 Å². The number of benzene rings is 1. The van der Waals surface area contributed by atoms with Crippen molar-refractivity contribution in [3.05, 3.63) is 42.0 Å². The summed E-state index contributed by atoms with van der Waals surface area (Å²) in [7, 11) is 1.67. The van der Waals surface area contributed by atoms with E-state index in [1.807, 2.05) is 19.1 Å². The largest absolute Gasteiger partial charge is 0.497 e. The van der Waals surface area contributed by atoms with Gasteiger partial charge in [-0.15, -0.1) is 0 Å². The molecule has 0 radical (unpaired) electrons. The summed E-state index contributed by atoms with van der Waals surface area (Å²) in [5.41, 5.74) is 6.98. The molecule has 94 valence electrons. The predicted octanol–water partition coefficient (Wildman–Crippen LogP) is 2.25. The third-order valence-corrected chi connectivity index (χ3v) is 2.69. The zero-order valence-electron chi connectivity index (χ0n) is 10.6. The molecule has 0 saturated carbocycles. The van der Waals surface area contributed by atoms with Gasteiger partial charge in [0.2, 0.25) is 0 Å². The number of allylic oxidation sites excluding steroid dienone is 1. The highest BCUT2D eigenvalue weighted by Gasteiger charge is 2.07. The summed E-state index contributed by atoms with van der Waals surface area (Å²) in [4.78, 5) is 0. The van der Waals surface area contributed by atoms with E-state index in [-0.39, 0.29) is 6.04 Å². The van der Waals surface area contributed by atoms with Crippen molar-refractivity contribution < 1.29 is 4.74 Å². The second-order valence-corrected chi connectivity index (χ2v) is 3.87. The molecule has 0 aromatic heterocycles. The molecular weight excluding hydrogens is 212 g/mol. The molecule has 1 aromatic rings. The normalized spacial score (nSPS) is 12.9. The molecule has 1 atom stereocenters. The van der Waals surface area contributed by atoms with E-state index in [0.29, 0.717) is 6.54 Å². The number of hydrogen-bond acceptors (Lipinski definition) is 3. The van der Waals surface area contributed by atoms with E-state index in [0.717, 1.165) is 18.7 Å². The van der Waals surface area contributed by atoms with Crippen LogP contribution in [0.4, 0.5) is 0 Å². The van der Waals surface area contributed by atoms with Crippen LogP contribution in [0, 0.1) is 0 Å². The molecule has 0 heterocycles. The van der Waals surface area contributed by atoms with E-state index in [1.165, 1.54) is 5.56 Å². The smallest absolute Gasteiger partial charge is 0.118 e. The summed E-state index contributed by atoms with van der Waals surface area (Å²) in [6, 6.07) is 8.25. The molecule has 3 heteroatoms. The van der Waals surface area contributed by atoms with E-state index in [4.69, 9.17) is 10.5 Å². The van der Waals surface area contributed by atoms with E-state index in [2.05, 4.69) is 29.6 Å². The first kappa shape index (κ1) is 13.7. The van der Waals surface area contributed by atoms with Crippen LogP contribution in [0.25, 0.3) is 0 Å². The summed E-state index contributed by atoms with van der Waals surface area (Å²) in [5, 5.41) is 3.44. The molecule has 0 aliphatic rings. The molecule has 0 fully saturated rings. The average molecular weight is 234 g/mol. The van der Waals surface area contributed by atoms with E-state index in [1.54, 1.807) is 7.11 Å². The third kappa shape index (κ3) is 4.59. The van der Waals surface area contributed by atoms with Crippen LogP contribution in [-0.4, -0.2) is 20.2 Å². The molecule has 0 bridgehead atoms. The second-order valence-electron chi connectivity index (χ2n) is 3.87. The fourth-order valence-electron chi connectivity index (χ4n) is 1.68. The molecule has 0 aliphatic heterocycles. The van der Waals surface area contributed by atoms with Crippen molar-refractivity contribution in [1.82, 2.24) is 5.32 Å². The Morgan fingerprint density at radius 3 is 2.59 bits per heavy atom. The average Bonchev–Trinajstić information content (AvgIpc) is 2.39. The van der Waals surface area contributed by atoms with Crippen molar-refractivity contribution in [2.24, 2.45) is 5.73 Å². The molecular formula is C14H22N2O. The van der Waals surface area contributed by atoms with Crippen molar-refractivity contribution >= 4 is 0 Å². The van der Waals surface area contributed by atoms with Crippen LogP contribution in [0.1, 0.15) is 24.9 Å². The summed E-state index contributed by atoms with van der Waals surface area (Å²) in [6.45, 7) is 3.57. The molecule has 1 rings (SSSR count). The number of ether oxygens (including phenoxy) is 1. The van der Waals surface area contributed by atoms with Crippen LogP contribution in [0.15, 0.2) is 36.4 Å². The summed E-state index contributed by atoms with van der Waals surface area (Å²) in [6.07, 6.45) is 5.24. The quantitative estimate of drug-likeness (QED) is 0.562. The summed E-state index contributed by atoms with van der Waals surface area (Å²) >= 11 is 0. The second kappa shape index (κ2) is 7.87. The van der Waals surface area contributed by atoms with Gasteiger partial charge in [-0.1, -0.05) is 24.3 Å². The van der Waals surface area contributed by atoms with E-state index in [9.17, 15) is 0 Å². The minimum atomic E-state index is 0.214. The molecule has 1 aromatic carbocycles. The van der Waals surface area contributed by atoms with Gasteiger partial charge < -0.3 is 15.8 Å². The van der Waals surface area contributed by atoms with Gasteiger partial charge in [0.05, 0.1) is 7.11 Å². The van der Waals surface area contributed by atoms with Crippen LogP contribution < -0.4 is 15.8 Å². The number of methoxy groups -OCH3 is 1. The van der Waals surface area contributed by atoms with Gasteiger partial charge in [0.15, 0.2) is 0 Å². The minimum Gasteiger partial charge on any atom is -0.497 e. The maximum atomic E-state index is 5.78. The standard InChI is InChI=1S/C14H22N2O/c1-3-4-5-10-16-14(11-15)12-6-8-13(17-2)9-7-12/h3-4,6-9,14,16H,5,10-11,15H2,1-2H3/b4-3+. The Kier molecular flexibility index (Phi) is 6.37. The first-order chi connectivity index (χ1) is 8.31. The Morgan fingerprint density at radius 2 is 2.06 bits per heavy atom. The third-order valence-electron chi connectivity index (χ3n) is 2.69. The molecule has 3 N–H and O–H groups in total. The van der Waals surface area contributed by atoms with Crippen molar-refractivity contribution in [3.63, 3.8) is 0 Å². The Bertz CT molecular complexity index is 333. The molecule has 0 saturated heterocycles. The van der Waals surface area contributed by atoms with Gasteiger partial charge in [0.25, 0.3) is 0 Å². The molecule has 1 unspecified atom stereocenters. The molecule has 0 amide bonds. The Hall–Kier alpha value is -1.32. The summed E-state index contributed by atoms with van der Waals surface area (Å²) < 4.78 is 5.13. The zero-order chi connectivity index (χ0) is 12.5. The molecule has 17 heavy (non-hydrogen) atoms. The number of nitrogens with one attached hydrogen (secondary N) is 1. The van der Waals surface area contributed by atoms with Crippen LogP contribution in [-0.2, 0) is 0 Å². The maximum Gasteiger partial charge on any atom is 0.118 e. The lowest BCUT2D eigenvalue weighted by molar-refractivity contribution is 0.414. The van der Waals surface area contributed by atoms with Gasteiger partial charge >= 0.3 is 0 Å². The minimum absolute atomic E-state index is 0.214. The topological polar surface area (TPSA) is 47.3 Å². The lowest BCUT2D eigenvalue weighted by Gasteiger charge is -2.17. The van der Waals surface area contributed by atoms with E-state index < -0.39 is 0 Å². The van der Waals surface area contributed by atoms with Gasteiger partial charge in [-0.3, -0.25) is 0 Å². The lowest BCUT2D eigenvalue weighted by Crippen LogP contribution is -2.28. The highest BCUT2D eigenvalue weighted by atomic mass is 16.5. The molecule has 0 aliphatic carbocycles. The predicted molar refractivity (Wildman–Crippen MR) is 72.2 cm³/mol. The van der Waals surface area contributed by atoms with Gasteiger partial charge in [-0.05, 0) is 37.6 Å². The van der Waals surface area contributed by atoms with Crippen molar-refractivity contribution in [2.75, 3.05) is 20.2 Å².